The van der Waals surface area contributed by atoms with E-state index in [1.165, 1.54) is 16.7 Å². The van der Waals surface area contributed by atoms with Gasteiger partial charge in [0.15, 0.2) is 0 Å². The van der Waals surface area contributed by atoms with Crippen molar-refractivity contribution in [3.05, 3.63) is 34.9 Å². The lowest BCUT2D eigenvalue weighted by Gasteiger charge is -2.37. The molecular formula is C23H40N4O. The van der Waals surface area contributed by atoms with E-state index in [0.29, 0.717) is 19.1 Å². The van der Waals surface area contributed by atoms with Gasteiger partial charge in [-0.2, -0.15) is 0 Å². The van der Waals surface area contributed by atoms with Gasteiger partial charge in [-0.1, -0.05) is 25.1 Å². The Labute approximate surface area is 171 Å². The van der Waals surface area contributed by atoms with Gasteiger partial charge < -0.3 is 10.6 Å². The molecule has 2 N–H and O–H groups in total. The third kappa shape index (κ3) is 6.87. The number of carbonyl (C=O) groups excluding carboxylic acids is 1. The Morgan fingerprint density at radius 1 is 1.18 bits per heavy atom. The highest BCUT2D eigenvalue weighted by Crippen LogP contribution is 2.14. The van der Waals surface area contributed by atoms with Crippen LogP contribution in [0, 0.1) is 6.92 Å². The van der Waals surface area contributed by atoms with E-state index in [1.54, 1.807) is 0 Å². The molecule has 1 amide bonds. The van der Waals surface area contributed by atoms with E-state index in [0.717, 1.165) is 58.5 Å². The van der Waals surface area contributed by atoms with Gasteiger partial charge >= 0.3 is 0 Å². The molecule has 1 aliphatic rings. The van der Waals surface area contributed by atoms with Crippen LogP contribution in [0.15, 0.2) is 18.2 Å². The third-order valence-electron chi connectivity index (χ3n) is 5.87. The number of benzene rings is 1. The van der Waals surface area contributed by atoms with E-state index in [9.17, 15) is 4.79 Å². The molecule has 0 aliphatic carbocycles. The summed E-state index contributed by atoms with van der Waals surface area (Å²) in [4.78, 5) is 19.6. The molecule has 0 aromatic heterocycles. The largest absolute Gasteiger partial charge is 0.339 e. The number of hydrogen-bond donors (Lipinski definition) is 1. The van der Waals surface area contributed by atoms with Crippen molar-refractivity contribution in [1.29, 1.82) is 0 Å². The van der Waals surface area contributed by atoms with E-state index < -0.39 is 0 Å². The number of carbonyl (C=O) groups is 1. The van der Waals surface area contributed by atoms with Crippen LogP contribution < -0.4 is 5.73 Å². The topological polar surface area (TPSA) is 52.8 Å². The Morgan fingerprint density at radius 2 is 1.89 bits per heavy atom. The number of piperazine rings is 1. The molecule has 2 rings (SSSR count). The number of amides is 1. The third-order valence-corrected chi connectivity index (χ3v) is 5.87. The van der Waals surface area contributed by atoms with E-state index in [1.807, 2.05) is 0 Å². The Morgan fingerprint density at radius 3 is 2.50 bits per heavy atom. The second-order valence-corrected chi connectivity index (χ2v) is 8.36. The lowest BCUT2D eigenvalue weighted by molar-refractivity contribution is -0.134. The van der Waals surface area contributed by atoms with Crippen LogP contribution in [0.3, 0.4) is 0 Å². The van der Waals surface area contributed by atoms with Crippen LogP contribution in [0.2, 0.25) is 0 Å². The van der Waals surface area contributed by atoms with Crippen molar-refractivity contribution in [2.75, 3.05) is 45.8 Å². The number of rotatable bonds is 10. The first-order chi connectivity index (χ1) is 13.4. The van der Waals surface area contributed by atoms with Gasteiger partial charge in [-0.3, -0.25) is 14.6 Å². The summed E-state index contributed by atoms with van der Waals surface area (Å²) in [5.41, 5.74) is 9.70. The smallest absolute Gasteiger partial charge is 0.236 e. The molecule has 1 aromatic carbocycles. The monoisotopic (exact) mass is 388 g/mol. The first-order valence-electron chi connectivity index (χ1n) is 11.0. The summed E-state index contributed by atoms with van der Waals surface area (Å²) in [6.45, 7) is 15.6. The van der Waals surface area contributed by atoms with Crippen LogP contribution in [0.1, 0.15) is 50.3 Å². The zero-order valence-electron chi connectivity index (χ0n) is 18.4. The number of nitrogens with two attached hydrogens (primary N) is 1. The Hall–Kier alpha value is -1.43. The van der Waals surface area contributed by atoms with Gasteiger partial charge in [0.2, 0.25) is 5.91 Å². The number of nitrogens with zero attached hydrogens (tertiary/aromatic N) is 3. The van der Waals surface area contributed by atoms with Crippen molar-refractivity contribution in [3.63, 3.8) is 0 Å². The van der Waals surface area contributed by atoms with Crippen LogP contribution in [-0.2, 0) is 17.8 Å². The standard InChI is InChI=1S/C23H40N4O/c1-5-10-25(11-6-7-22-16-21(17-24)9-8-20(22)4)18-23(28)27-14-12-26(13-15-27)19(2)3/h8-9,16,19H,5-7,10-15,17-18,24H2,1-4H3. The summed E-state index contributed by atoms with van der Waals surface area (Å²) in [5.74, 6) is 0.290. The van der Waals surface area contributed by atoms with Crippen molar-refractivity contribution in [2.24, 2.45) is 5.73 Å². The lowest BCUT2D eigenvalue weighted by Crippen LogP contribution is -2.52. The fourth-order valence-corrected chi connectivity index (χ4v) is 3.98. The Bertz CT molecular complexity index is 609. The minimum absolute atomic E-state index is 0.290. The molecule has 5 heteroatoms. The first kappa shape index (κ1) is 22.9. The van der Waals surface area contributed by atoms with E-state index in [-0.39, 0.29) is 5.91 Å². The molecule has 0 atom stereocenters. The summed E-state index contributed by atoms with van der Waals surface area (Å²) in [5, 5.41) is 0. The summed E-state index contributed by atoms with van der Waals surface area (Å²) in [7, 11) is 0. The molecule has 0 unspecified atom stereocenters. The van der Waals surface area contributed by atoms with Crippen molar-refractivity contribution in [2.45, 2.75) is 59.5 Å². The van der Waals surface area contributed by atoms with E-state index in [2.05, 4.69) is 60.6 Å². The zero-order chi connectivity index (χ0) is 20.5. The summed E-state index contributed by atoms with van der Waals surface area (Å²) < 4.78 is 0. The van der Waals surface area contributed by atoms with Crippen molar-refractivity contribution in [1.82, 2.24) is 14.7 Å². The summed E-state index contributed by atoms with van der Waals surface area (Å²) in [6, 6.07) is 7.08. The Kier molecular flexibility index (Phi) is 9.42. The highest BCUT2D eigenvalue weighted by Gasteiger charge is 2.23. The van der Waals surface area contributed by atoms with Gasteiger partial charge in [-0.05, 0) is 69.8 Å². The van der Waals surface area contributed by atoms with E-state index in [4.69, 9.17) is 5.73 Å². The van der Waals surface area contributed by atoms with Crippen molar-refractivity contribution < 1.29 is 4.79 Å². The second-order valence-electron chi connectivity index (χ2n) is 8.36. The fraction of sp³-hybridized carbons (Fsp3) is 0.696. The quantitative estimate of drug-likeness (QED) is 0.669. The highest BCUT2D eigenvalue weighted by molar-refractivity contribution is 5.78. The Balaban J connectivity index is 1.82. The van der Waals surface area contributed by atoms with Crippen LogP contribution in [0.25, 0.3) is 0 Å². The van der Waals surface area contributed by atoms with Gasteiger partial charge in [0, 0.05) is 38.8 Å². The summed E-state index contributed by atoms with van der Waals surface area (Å²) >= 11 is 0. The number of aryl methyl sites for hydroxylation is 2. The number of hydrogen-bond acceptors (Lipinski definition) is 4. The molecule has 0 bridgehead atoms. The maximum Gasteiger partial charge on any atom is 0.236 e. The molecule has 28 heavy (non-hydrogen) atoms. The molecular weight excluding hydrogens is 348 g/mol. The maximum absolute atomic E-state index is 12.8. The molecule has 0 spiro atoms. The van der Waals surface area contributed by atoms with Gasteiger partial charge in [0.25, 0.3) is 0 Å². The average Bonchev–Trinajstić information content (AvgIpc) is 2.69. The molecule has 0 radical (unpaired) electrons. The fourth-order valence-electron chi connectivity index (χ4n) is 3.98. The maximum atomic E-state index is 12.8. The van der Waals surface area contributed by atoms with E-state index >= 15 is 0 Å². The first-order valence-corrected chi connectivity index (χ1v) is 11.0. The predicted molar refractivity (Wildman–Crippen MR) is 117 cm³/mol. The second kappa shape index (κ2) is 11.5. The molecule has 158 valence electrons. The van der Waals surface area contributed by atoms with Gasteiger partial charge in [0.1, 0.15) is 0 Å². The predicted octanol–water partition coefficient (Wildman–Crippen LogP) is 2.65. The van der Waals surface area contributed by atoms with Crippen LogP contribution in [0.4, 0.5) is 0 Å². The molecule has 1 aliphatic heterocycles. The average molecular weight is 389 g/mol. The minimum atomic E-state index is 0.290. The lowest BCUT2D eigenvalue weighted by atomic mass is 10.0. The molecule has 1 aromatic rings. The SMILES string of the molecule is CCCN(CCCc1cc(CN)ccc1C)CC(=O)N1CCN(C(C)C)CC1. The van der Waals surface area contributed by atoms with Gasteiger partial charge in [0.05, 0.1) is 6.54 Å². The molecule has 1 heterocycles. The molecule has 1 saturated heterocycles. The molecule has 5 nitrogen and oxygen atoms in total. The normalized spacial score (nSPS) is 15.6. The highest BCUT2D eigenvalue weighted by atomic mass is 16.2. The van der Waals surface area contributed by atoms with Gasteiger partial charge in [-0.25, -0.2) is 0 Å². The van der Waals surface area contributed by atoms with Crippen LogP contribution >= 0.6 is 0 Å². The van der Waals surface area contributed by atoms with Crippen LogP contribution in [0.5, 0.6) is 0 Å². The van der Waals surface area contributed by atoms with Crippen molar-refractivity contribution >= 4 is 5.91 Å². The zero-order valence-corrected chi connectivity index (χ0v) is 18.4. The van der Waals surface area contributed by atoms with Crippen LogP contribution in [-0.4, -0.2) is 72.5 Å². The summed E-state index contributed by atoms with van der Waals surface area (Å²) in [6.07, 6.45) is 3.19. The molecule has 1 fully saturated rings. The minimum Gasteiger partial charge on any atom is -0.339 e. The van der Waals surface area contributed by atoms with Crippen molar-refractivity contribution in [3.8, 4) is 0 Å². The van der Waals surface area contributed by atoms with Gasteiger partial charge in [-0.15, -0.1) is 0 Å². The molecule has 0 saturated carbocycles.